The van der Waals surface area contributed by atoms with Crippen LogP contribution < -0.4 is 0 Å². The Kier molecular flexibility index (Phi) is 7.77. The molecule has 0 aliphatic heterocycles. The Morgan fingerprint density at radius 2 is 0.926 bits per heavy atom. The van der Waals surface area contributed by atoms with E-state index in [0.717, 1.165) is 55.7 Å². The summed E-state index contributed by atoms with van der Waals surface area (Å²) in [6, 6.07) is 61.8. The molecule has 3 aromatic heterocycles. The van der Waals surface area contributed by atoms with Gasteiger partial charge in [-0.15, -0.1) is 0 Å². The van der Waals surface area contributed by atoms with E-state index in [1.807, 2.05) is 24.5 Å². The second-order valence-corrected chi connectivity index (χ2v) is 13.4. The normalized spacial score (nSPS) is 11.3. The summed E-state index contributed by atoms with van der Waals surface area (Å²) in [6.07, 6.45) is 5.52. The Labute approximate surface area is 313 Å². The van der Waals surface area contributed by atoms with Crippen molar-refractivity contribution >= 4 is 32.4 Å². The minimum Gasteiger partial charge on any atom is -0.264 e. The van der Waals surface area contributed by atoms with Crippen LogP contribution in [0.1, 0.15) is 0 Å². The number of nitrogens with zero attached hydrogens (tertiary/aromatic N) is 4. The Morgan fingerprint density at radius 3 is 1.65 bits per heavy atom. The van der Waals surface area contributed by atoms with E-state index in [2.05, 4.69) is 169 Å². The average Bonchev–Trinajstić information content (AvgIpc) is 3.26. The van der Waals surface area contributed by atoms with Crippen molar-refractivity contribution in [3.63, 3.8) is 0 Å². The number of benzene rings is 7. The zero-order valence-electron chi connectivity index (χ0n) is 29.3. The number of para-hydroxylation sites is 1. The van der Waals surface area contributed by atoms with Gasteiger partial charge in [-0.3, -0.25) is 9.97 Å². The van der Waals surface area contributed by atoms with Crippen molar-refractivity contribution in [1.29, 1.82) is 0 Å². The maximum Gasteiger partial charge on any atom is 0.160 e. The first kappa shape index (κ1) is 31.4. The largest absolute Gasteiger partial charge is 0.264 e. The van der Waals surface area contributed by atoms with Gasteiger partial charge >= 0.3 is 0 Å². The quantitative estimate of drug-likeness (QED) is 0.163. The maximum atomic E-state index is 5.27. The van der Waals surface area contributed by atoms with E-state index in [4.69, 9.17) is 15.0 Å². The van der Waals surface area contributed by atoms with E-state index >= 15 is 0 Å². The number of aromatic nitrogens is 4. The van der Waals surface area contributed by atoms with Crippen molar-refractivity contribution in [2.45, 2.75) is 0 Å². The molecule has 7 aromatic carbocycles. The van der Waals surface area contributed by atoms with Crippen LogP contribution in [-0.4, -0.2) is 19.9 Å². The molecule has 0 bridgehead atoms. The van der Waals surface area contributed by atoms with Gasteiger partial charge in [0.15, 0.2) is 5.82 Å². The number of hydrogen-bond donors (Lipinski definition) is 0. The lowest BCUT2D eigenvalue weighted by molar-refractivity contribution is 1.18. The number of hydrogen-bond acceptors (Lipinski definition) is 4. The summed E-state index contributed by atoms with van der Waals surface area (Å²) < 4.78 is 0. The fourth-order valence-corrected chi connectivity index (χ4v) is 7.71. The topological polar surface area (TPSA) is 51.6 Å². The van der Waals surface area contributed by atoms with Crippen molar-refractivity contribution in [1.82, 2.24) is 19.9 Å². The summed E-state index contributed by atoms with van der Waals surface area (Å²) >= 11 is 0. The lowest BCUT2D eigenvalue weighted by Gasteiger charge is -2.18. The minimum absolute atomic E-state index is 0.656. The monoisotopic (exact) mass is 688 g/mol. The van der Waals surface area contributed by atoms with Gasteiger partial charge in [0.25, 0.3) is 0 Å². The van der Waals surface area contributed by atoms with Gasteiger partial charge < -0.3 is 0 Å². The van der Waals surface area contributed by atoms with E-state index in [1.165, 1.54) is 38.2 Å². The van der Waals surface area contributed by atoms with Crippen molar-refractivity contribution in [2.24, 2.45) is 0 Å². The summed E-state index contributed by atoms with van der Waals surface area (Å²) in [5.74, 6) is 0.656. The molecule has 10 rings (SSSR count). The lowest BCUT2D eigenvalue weighted by atomic mass is 9.85. The van der Waals surface area contributed by atoms with Gasteiger partial charge in [0, 0.05) is 40.7 Å². The van der Waals surface area contributed by atoms with Gasteiger partial charge in [-0.1, -0.05) is 152 Å². The zero-order valence-corrected chi connectivity index (χ0v) is 29.3. The van der Waals surface area contributed by atoms with Crippen LogP contribution in [-0.2, 0) is 0 Å². The van der Waals surface area contributed by atoms with E-state index in [9.17, 15) is 0 Å². The van der Waals surface area contributed by atoms with Crippen LogP contribution in [0.2, 0.25) is 0 Å². The summed E-state index contributed by atoms with van der Waals surface area (Å²) in [7, 11) is 0. The van der Waals surface area contributed by atoms with E-state index in [0.29, 0.717) is 5.82 Å². The smallest absolute Gasteiger partial charge is 0.160 e. The molecular weight excluding hydrogens is 657 g/mol. The molecule has 252 valence electrons. The highest BCUT2D eigenvalue weighted by Crippen LogP contribution is 2.44. The van der Waals surface area contributed by atoms with Gasteiger partial charge in [0.2, 0.25) is 0 Å². The summed E-state index contributed by atoms with van der Waals surface area (Å²) in [5, 5.41) is 5.93. The number of fused-ring (bicyclic) bond motifs is 3. The van der Waals surface area contributed by atoms with Crippen LogP contribution in [0.4, 0.5) is 0 Å². The van der Waals surface area contributed by atoms with E-state index in [-0.39, 0.29) is 0 Å². The summed E-state index contributed by atoms with van der Waals surface area (Å²) in [4.78, 5) is 19.6. The molecular formula is C50H32N4. The molecule has 0 radical (unpaired) electrons. The first-order valence-corrected chi connectivity index (χ1v) is 18.1. The van der Waals surface area contributed by atoms with Crippen molar-refractivity contribution in [2.75, 3.05) is 0 Å². The van der Waals surface area contributed by atoms with Gasteiger partial charge in [-0.2, -0.15) is 0 Å². The molecule has 0 saturated heterocycles. The van der Waals surface area contributed by atoms with E-state index < -0.39 is 0 Å². The highest BCUT2D eigenvalue weighted by atomic mass is 14.9. The predicted octanol–water partition coefficient (Wildman–Crippen LogP) is 12.7. The lowest BCUT2D eigenvalue weighted by Crippen LogP contribution is -1.97. The number of rotatable bonds is 6. The third kappa shape index (κ3) is 5.58. The minimum atomic E-state index is 0.656. The fourth-order valence-electron chi connectivity index (χ4n) is 7.71. The third-order valence-corrected chi connectivity index (χ3v) is 10.2. The van der Waals surface area contributed by atoms with Crippen LogP contribution in [0.5, 0.6) is 0 Å². The van der Waals surface area contributed by atoms with Crippen LogP contribution in [0, 0.1) is 0 Å². The fraction of sp³-hybridized carbons (Fsp3) is 0. The second kappa shape index (κ2) is 13.4. The first-order valence-electron chi connectivity index (χ1n) is 18.1. The molecule has 10 aromatic rings. The van der Waals surface area contributed by atoms with Crippen LogP contribution in [0.3, 0.4) is 0 Å². The van der Waals surface area contributed by atoms with Crippen molar-refractivity contribution in [3.05, 3.63) is 195 Å². The van der Waals surface area contributed by atoms with Crippen LogP contribution in [0.15, 0.2) is 195 Å². The standard InChI is InChI=1S/C50H32N4/c1-2-12-35(13-3-1)47-40-19-4-6-21-42(40)48(43-22-7-5-20-41(43)47)37-15-8-16-38(30-37)50-53-45(34-26-24-33(25-27-34)39-18-10-28-51-32-39)31-46(54-50)44-23-9-14-36-17-11-29-52-49(36)44/h1-32H. The molecule has 0 saturated carbocycles. The summed E-state index contributed by atoms with van der Waals surface area (Å²) in [5.41, 5.74) is 12.4. The Morgan fingerprint density at radius 1 is 0.352 bits per heavy atom. The predicted molar refractivity (Wildman–Crippen MR) is 223 cm³/mol. The molecule has 0 spiro atoms. The molecule has 0 N–H and O–H groups in total. The SMILES string of the molecule is c1ccc(-c2c3ccccc3c(-c3cccc(-c4nc(-c5ccc(-c6cccnc6)cc5)cc(-c5cccc6cccnc56)n4)c3)c3ccccc23)cc1. The van der Waals surface area contributed by atoms with Crippen LogP contribution >= 0.6 is 0 Å². The molecule has 0 unspecified atom stereocenters. The maximum absolute atomic E-state index is 5.27. The van der Waals surface area contributed by atoms with Crippen molar-refractivity contribution in [3.8, 4) is 67.3 Å². The second-order valence-electron chi connectivity index (χ2n) is 13.4. The Balaban J connectivity index is 1.17. The number of pyridine rings is 2. The van der Waals surface area contributed by atoms with Gasteiger partial charge in [-0.25, -0.2) is 9.97 Å². The van der Waals surface area contributed by atoms with Gasteiger partial charge in [-0.05, 0) is 79.2 Å². The highest BCUT2D eigenvalue weighted by Gasteiger charge is 2.18. The first-order chi connectivity index (χ1) is 26.8. The molecule has 0 fully saturated rings. The summed E-state index contributed by atoms with van der Waals surface area (Å²) in [6.45, 7) is 0. The third-order valence-electron chi connectivity index (χ3n) is 10.2. The molecule has 0 aliphatic rings. The molecule has 0 aliphatic carbocycles. The molecule has 3 heterocycles. The van der Waals surface area contributed by atoms with Crippen LogP contribution in [0.25, 0.3) is 99.7 Å². The Bertz CT molecular complexity index is 2910. The molecule has 0 amide bonds. The highest BCUT2D eigenvalue weighted by molar-refractivity contribution is 6.21. The Hall–Kier alpha value is -7.30. The molecule has 4 heteroatoms. The van der Waals surface area contributed by atoms with Gasteiger partial charge in [0.05, 0.1) is 16.9 Å². The van der Waals surface area contributed by atoms with Gasteiger partial charge in [0.1, 0.15) is 0 Å². The molecule has 4 nitrogen and oxygen atoms in total. The average molecular weight is 689 g/mol. The van der Waals surface area contributed by atoms with Crippen molar-refractivity contribution < 1.29 is 0 Å². The molecule has 0 atom stereocenters. The van der Waals surface area contributed by atoms with E-state index in [1.54, 1.807) is 6.20 Å². The molecule has 54 heavy (non-hydrogen) atoms. The zero-order chi connectivity index (χ0) is 35.8.